The van der Waals surface area contributed by atoms with Gasteiger partial charge >= 0.3 is 0 Å². The lowest BCUT2D eigenvalue weighted by Gasteiger charge is -2.42. The highest BCUT2D eigenvalue weighted by molar-refractivity contribution is 7.90. The summed E-state index contributed by atoms with van der Waals surface area (Å²) in [5.41, 5.74) is 9.16. The first kappa shape index (κ1) is 33.8. The van der Waals surface area contributed by atoms with Crippen LogP contribution in [0.2, 0.25) is 0 Å². The van der Waals surface area contributed by atoms with Gasteiger partial charge in [-0.15, -0.1) is 0 Å². The zero-order valence-electron chi connectivity index (χ0n) is 30.1. The molecular weight excluding hydrogens is 645 g/mol. The third kappa shape index (κ3) is 5.93. The molecule has 0 N–H and O–H groups in total. The molecule has 2 aliphatic rings. The fourth-order valence-corrected chi connectivity index (χ4v) is 8.92. The van der Waals surface area contributed by atoms with Crippen molar-refractivity contribution in [2.24, 2.45) is 0 Å². The summed E-state index contributed by atoms with van der Waals surface area (Å²) in [5.74, 6) is 2.00. The Hall–Kier alpha value is -4.70. The first-order valence-corrected chi connectivity index (χ1v) is 19.0. The van der Waals surface area contributed by atoms with Crippen LogP contribution in [0.3, 0.4) is 0 Å². The minimum absolute atomic E-state index is 0.0548. The summed E-state index contributed by atoms with van der Waals surface area (Å²) in [6, 6.07) is 19.5. The van der Waals surface area contributed by atoms with Gasteiger partial charge in [0, 0.05) is 80.5 Å². The number of aryl methyl sites for hydroxylation is 3. The summed E-state index contributed by atoms with van der Waals surface area (Å²) >= 11 is 0. The van der Waals surface area contributed by atoms with Gasteiger partial charge in [-0.3, -0.25) is 4.79 Å². The SMILES string of the molecule is CC(=O)N1CCN(c2nc(-c3cccc4c3c(C)cn4S(=O)(=O)c3ccc(C)cc3)nc3c2CN(c2cc(C(C)C)ccc2C)CC3)C(C)C1. The number of nitrogens with zero attached hydrogens (tertiary/aromatic N) is 6. The Balaban J connectivity index is 1.36. The molecular formula is C40H46N6O3S. The number of carbonyl (C=O) groups excluding carboxylic acids is 1. The highest BCUT2D eigenvalue weighted by Crippen LogP contribution is 2.38. The van der Waals surface area contributed by atoms with Gasteiger partial charge in [0.2, 0.25) is 5.91 Å². The number of rotatable bonds is 6. The zero-order chi connectivity index (χ0) is 35.5. The van der Waals surface area contributed by atoms with Gasteiger partial charge in [-0.2, -0.15) is 0 Å². The molecule has 0 aliphatic carbocycles. The van der Waals surface area contributed by atoms with Crippen LogP contribution in [-0.4, -0.2) is 65.4 Å². The number of hydrogen-bond acceptors (Lipinski definition) is 7. The number of piperazine rings is 1. The summed E-state index contributed by atoms with van der Waals surface area (Å²) < 4.78 is 29.2. The van der Waals surface area contributed by atoms with Gasteiger partial charge in [-0.05, 0) is 74.6 Å². The maximum atomic E-state index is 13.9. The molecule has 0 spiro atoms. The Morgan fingerprint density at radius 1 is 0.920 bits per heavy atom. The van der Waals surface area contributed by atoms with Crippen LogP contribution in [0.25, 0.3) is 22.3 Å². The average Bonchev–Trinajstić information content (AvgIpc) is 3.45. The molecule has 1 amide bonds. The molecule has 2 aliphatic heterocycles. The fraction of sp³-hybridized carbons (Fsp3) is 0.375. The molecule has 10 heteroatoms. The van der Waals surface area contributed by atoms with Crippen molar-refractivity contribution in [3.8, 4) is 11.4 Å². The number of hydrogen-bond donors (Lipinski definition) is 0. The zero-order valence-corrected chi connectivity index (χ0v) is 30.9. The van der Waals surface area contributed by atoms with E-state index in [0.29, 0.717) is 43.4 Å². The van der Waals surface area contributed by atoms with Gasteiger partial charge in [0.1, 0.15) is 5.82 Å². The smallest absolute Gasteiger partial charge is 0.268 e. The van der Waals surface area contributed by atoms with Crippen LogP contribution in [0, 0.1) is 20.8 Å². The largest absolute Gasteiger partial charge is 0.366 e. The molecule has 3 aromatic carbocycles. The maximum absolute atomic E-state index is 13.9. The van der Waals surface area contributed by atoms with E-state index in [2.05, 4.69) is 55.7 Å². The van der Waals surface area contributed by atoms with Crippen LogP contribution < -0.4 is 9.80 Å². The molecule has 260 valence electrons. The monoisotopic (exact) mass is 690 g/mol. The number of carbonyl (C=O) groups is 1. The van der Waals surface area contributed by atoms with Crippen molar-refractivity contribution in [2.45, 2.75) is 78.3 Å². The third-order valence-corrected chi connectivity index (χ3v) is 12.1. The predicted molar refractivity (Wildman–Crippen MR) is 201 cm³/mol. The molecule has 1 unspecified atom stereocenters. The topological polar surface area (TPSA) is 91.6 Å². The van der Waals surface area contributed by atoms with E-state index in [1.54, 1.807) is 25.3 Å². The van der Waals surface area contributed by atoms with E-state index in [1.807, 2.05) is 49.1 Å². The van der Waals surface area contributed by atoms with Crippen molar-refractivity contribution in [3.05, 3.63) is 100 Å². The highest BCUT2D eigenvalue weighted by Gasteiger charge is 2.33. The van der Waals surface area contributed by atoms with Gasteiger partial charge in [0.05, 0.1) is 16.1 Å². The Kier molecular flexibility index (Phi) is 8.70. The van der Waals surface area contributed by atoms with Crippen molar-refractivity contribution in [1.29, 1.82) is 0 Å². The second kappa shape index (κ2) is 12.9. The minimum Gasteiger partial charge on any atom is -0.366 e. The first-order valence-electron chi connectivity index (χ1n) is 17.5. The van der Waals surface area contributed by atoms with E-state index in [1.165, 1.54) is 20.8 Å². The lowest BCUT2D eigenvalue weighted by atomic mass is 9.97. The van der Waals surface area contributed by atoms with Crippen LogP contribution in [0.1, 0.15) is 67.1 Å². The highest BCUT2D eigenvalue weighted by atomic mass is 32.2. The summed E-state index contributed by atoms with van der Waals surface area (Å²) in [6.07, 6.45) is 2.46. The van der Waals surface area contributed by atoms with E-state index in [-0.39, 0.29) is 16.8 Å². The second-order valence-electron chi connectivity index (χ2n) is 14.3. The van der Waals surface area contributed by atoms with Gasteiger partial charge < -0.3 is 14.7 Å². The molecule has 1 saturated heterocycles. The Bertz CT molecular complexity index is 2220. The van der Waals surface area contributed by atoms with Crippen LogP contribution >= 0.6 is 0 Å². The molecule has 9 nitrogen and oxygen atoms in total. The first-order chi connectivity index (χ1) is 23.8. The minimum atomic E-state index is -3.83. The molecule has 7 rings (SSSR count). The molecule has 4 heterocycles. The lowest BCUT2D eigenvalue weighted by molar-refractivity contribution is -0.129. The molecule has 50 heavy (non-hydrogen) atoms. The number of benzene rings is 3. The molecule has 0 bridgehead atoms. The van der Waals surface area contributed by atoms with Crippen LogP contribution in [0.15, 0.2) is 71.8 Å². The predicted octanol–water partition coefficient (Wildman–Crippen LogP) is 7.00. The Morgan fingerprint density at radius 3 is 2.38 bits per heavy atom. The van der Waals surface area contributed by atoms with Crippen molar-refractivity contribution in [3.63, 3.8) is 0 Å². The summed E-state index contributed by atoms with van der Waals surface area (Å²) in [5, 5.41) is 0.821. The molecule has 2 aromatic heterocycles. The molecule has 0 saturated carbocycles. The normalized spacial score (nSPS) is 16.7. The van der Waals surface area contributed by atoms with Gasteiger partial charge in [0.25, 0.3) is 10.0 Å². The average molecular weight is 691 g/mol. The van der Waals surface area contributed by atoms with Gasteiger partial charge in [0.15, 0.2) is 5.82 Å². The van der Waals surface area contributed by atoms with E-state index >= 15 is 0 Å². The summed E-state index contributed by atoms with van der Waals surface area (Å²) in [6.45, 7) is 17.7. The van der Waals surface area contributed by atoms with Crippen molar-refractivity contribution < 1.29 is 13.2 Å². The second-order valence-corrected chi connectivity index (χ2v) is 16.1. The van der Waals surface area contributed by atoms with Crippen molar-refractivity contribution in [1.82, 2.24) is 18.8 Å². The number of aromatic nitrogens is 3. The van der Waals surface area contributed by atoms with E-state index in [4.69, 9.17) is 9.97 Å². The van der Waals surface area contributed by atoms with Crippen LogP contribution in [0.5, 0.6) is 0 Å². The van der Waals surface area contributed by atoms with Crippen molar-refractivity contribution in [2.75, 3.05) is 36.0 Å². The fourth-order valence-electron chi connectivity index (χ4n) is 7.50. The van der Waals surface area contributed by atoms with Crippen LogP contribution in [0.4, 0.5) is 11.5 Å². The standard InChI is InChI=1S/C40H46N6O3S/c1-25(2)31-14-13-27(4)37(21-31)44-18-17-35-34(24-44)40(45-20-19-43(30(7)47)23-29(45)6)42-39(41-35)33-9-8-10-36-38(33)28(5)22-46(36)50(48,49)32-15-11-26(3)12-16-32/h8-16,21-22,25,29H,17-20,23-24H2,1-7H3. The lowest BCUT2D eigenvalue weighted by Crippen LogP contribution is -2.54. The summed E-state index contributed by atoms with van der Waals surface area (Å²) in [7, 11) is -3.83. The molecule has 1 fully saturated rings. The molecule has 0 radical (unpaired) electrons. The van der Waals surface area contributed by atoms with Gasteiger partial charge in [-0.1, -0.05) is 55.8 Å². The van der Waals surface area contributed by atoms with E-state index in [0.717, 1.165) is 52.1 Å². The molecule has 5 aromatic rings. The molecule has 1 atom stereocenters. The Labute approximate surface area is 295 Å². The van der Waals surface area contributed by atoms with Crippen molar-refractivity contribution >= 4 is 38.3 Å². The van der Waals surface area contributed by atoms with Crippen LogP contribution in [-0.2, 0) is 27.8 Å². The van der Waals surface area contributed by atoms with Gasteiger partial charge in [-0.25, -0.2) is 22.4 Å². The Morgan fingerprint density at radius 2 is 1.68 bits per heavy atom. The quantitative estimate of drug-likeness (QED) is 0.190. The van der Waals surface area contributed by atoms with E-state index < -0.39 is 10.0 Å². The number of anilines is 2. The third-order valence-electron chi connectivity index (χ3n) is 10.4. The summed E-state index contributed by atoms with van der Waals surface area (Å²) in [4.78, 5) is 29.9. The number of amides is 1. The van der Waals surface area contributed by atoms with E-state index in [9.17, 15) is 13.2 Å². The number of fused-ring (bicyclic) bond motifs is 2. The maximum Gasteiger partial charge on any atom is 0.268 e.